The topological polar surface area (TPSA) is 86.2 Å². The maximum absolute atomic E-state index is 13.0. The summed E-state index contributed by atoms with van der Waals surface area (Å²) in [6, 6.07) is 11.0. The Kier molecular flexibility index (Phi) is 5.40. The summed E-state index contributed by atoms with van der Waals surface area (Å²) in [7, 11) is 0. The molecule has 2 rings (SSSR count). The Balaban J connectivity index is 2.48. The van der Waals surface area contributed by atoms with Crippen molar-refractivity contribution in [3.05, 3.63) is 59.3 Å². The first kappa shape index (κ1) is 17.7. The van der Waals surface area contributed by atoms with Gasteiger partial charge in [-0.05, 0) is 17.7 Å². The molecule has 0 aliphatic heterocycles. The van der Waals surface area contributed by atoms with Crippen LogP contribution in [0.1, 0.15) is 16.8 Å². The molecule has 8 heteroatoms. The quantitative estimate of drug-likeness (QED) is 0.558. The number of aliphatic hydroxyl groups is 1. The number of benzene rings is 1. The van der Waals surface area contributed by atoms with Gasteiger partial charge in [0.1, 0.15) is 17.3 Å². The zero-order valence-electron chi connectivity index (χ0n) is 12.7. The number of aromatic nitrogens is 1. The van der Waals surface area contributed by atoms with Crippen molar-refractivity contribution in [2.24, 2.45) is 5.73 Å². The van der Waals surface area contributed by atoms with Crippen LogP contribution in [0.4, 0.5) is 19.0 Å². The molecule has 0 atom stereocenters. The fourth-order valence-corrected chi connectivity index (χ4v) is 2.24. The highest BCUT2D eigenvalue weighted by atomic mass is 19.4. The lowest BCUT2D eigenvalue weighted by molar-refractivity contribution is -0.141. The van der Waals surface area contributed by atoms with E-state index in [0.717, 1.165) is 17.7 Å². The largest absolute Gasteiger partial charge is 0.433 e. The van der Waals surface area contributed by atoms with E-state index in [4.69, 9.17) is 11.1 Å². The first-order valence-corrected chi connectivity index (χ1v) is 7.15. The van der Waals surface area contributed by atoms with Gasteiger partial charge in [0.2, 0.25) is 0 Å². The summed E-state index contributed by atoms with van der Waals surface area (Å²) in [4.78, 5) is 5.12. The zero-order valence-corrected chi connectivity index (χ0v) is 12.7. The lowest BCUT2D eigenvalue weighted by atomic mass is 10.1. The Bertz CT molecular complexity index is 704. The van der Waals surface area contributed by atoms with Crippen LogP contribution in [0.25, 0.3) is 0 Å². The van der Waals surface area contributed by atoms with Crippen molar-refractivity contribution in [3.8, 4) is 0 Å². The number of nitrogens with two attached hydrogens (primary N) is 1. The molecule has 0 aliphatic rings. The molecule has 0 aliphatic carbocycles. The van der Waals surface area contributed by atoms with Gasteiger partial charge >= 0.3 is 6.18 Å². The minimum Gasteiger partial charge on any atom is -0.395 e. The number of amidine groups is 1. The van der Waals surface area contributed by atoms with Crippen LogP contribution in [-0.4, -0.2) is 29.1 Å². The summed E-state index contributed by atoms with van der Waals surface area (Å²) in [5, 5.41) is 16.8. The van der Waals surface area contributed by atoms with E-state index in [1.54, 1.807) is 12.1 Å². The van der Waals surface area contributed by atoms with Crippen LogP contribution in [0.3, 0.4) is 0 Å². The number of nitrogens with zero attached hydrogens (tertiary/aromatic N) is 2. The van der Waals surface area contributed by atoms with Gasteiger partial charge < -0.3 is 15.7 Å². The van der Waals surface area contributed by atoms with Gasteiger partial charge in [-0.3, -0.25) is 5.41 Å². The zero-order chi connectivity index (χ0) is 17.7. The van der Waals surface area contributed by atoms with Crippen LogP contribution in [0.15, 0.2) is 42.5 Å². The van der Waals surface area contributed by atoms with E-state index in [1.165, 1.54) is 4.90 Å². The van der Waals surface area contributed by atoms with Gasteiger partial charge in [-0.2, -0.15) is 13.2 Å². The van der Waals surface area contributed by atoms with Crippen molar-refractivity contribution in [3.63, 3.8) is 0 Å². The molecule has 24 heavy (non-hydrogen) atoms. The Hall–Kier alpha value is -2.61. The van der Waals surface area contributed by atoms with Gasteiger partial charge in [-0.1, -0.05) is 30.3 Å². The number of rotatable bonds is 6. The molecule has 2 aromatic rings. The van der Waals surface area contributed by atoms with Gasteiger partial charge in [0.25, 0.3) is 0 Å². The third-order valence-corrected chi connectivity index (χ3v) is 3.34. The molecule has 0 unspecified atom stereocenters. The van der Waals surface area contributed by atoms with Crippen molar-refractivity contribution in [2.45, 2.75) is 12.7 Å². The summed E-state index contributed by atoms with van der Waals surface area (Å²) < 4.78 is 38.9. The summed E-state index contributed by atoms with van der Waals surface area (Å²) >= 11 is 0. The van der Waals surface area contributed by atoms with E-state index in [-0.39, 0.29) is 36.9 Å². The number of anilines is 1. The number of nitrogens with one attached hydrogen (secondary N) is 1. The molecule has 0 bridgehead atoms. The minimum atomic E-state index is -4.61. The third-order valence-electron chi connectivity index (χ3n) is 3.34. The van der Waals surface area contributed by atoms with Crippen molar-refractivity contribution >= 4 is 11.7 Å². The maximum Gasteiger partial charge on any atom is 0.433 e. The second-order valence-corrected chi connectivity index (χ2v) is 5.11. The minimum absolute atomic E-state index is 0.0590. The molecule has 0 amide bonds. The van der Waals surface area contributed by atoms with E-state index in [9.17, 15) is 18.3 Å². The van der Waals surface area contributed by atoms with Crippen LogP contribution in [0.5, 0.6) is 0 Å². The molecule has 5 nitrogen and oxygen atoms in total. The molecular weight excluding hydrogens is 321 g/mol. The van der Waals surface area contributed by atoms with E-state index < -0.39 is 11.9 Å². The second-order valence-electron chi connectivity index (χ2n) is 5.11. The smallest absolute Gasteiger partial charge is 0.395 e. The van der Waals surface area contributed by atoms with Gasteiger partial charge in [-0.15, -0.1) is 0 Å². The molecule has 0 fully saturated rings. The molecule has 1 heterocycles. The normalized spacial score (nSPS) is 11.3. The average molecular weight is 338 g/mol. The molecule has 128 valence electrons. The number of hydrogen-bond acceptors (Lipinski definition) is 4. The average Bonchev–Trinajstić information content (AvgIpc) is 2.54. The van der Waals surface area contributed by atoms with Gasteiger partial charge in [0.15, 0.2) is 0 Å². The first-order chi connectivity index (χ1) is 11.3. The highest BCUT2D eigenvalue weighted by Crippen LogP contribution is 2.31. The fraction of sp³-hybridized carbons (Fsp3) is 0.250. The van der Waals surface area contributed by atoms with E-state index >= 15 is 0 Å². The number of pyridine rings is 1. The Morgan fingerprint density at radius 3 is 2.38 bits per heavy atom. The summed E-state index contributed by atoms with van der Waals surface area (Å²) in [6.07, 6.45) is -4.61. The molecule has 0 saturated heterocycles. The molecule has 0 saturated carbocycles. The molecule has 1 aromatic carbocycles. The van der Waals surface area contributed by atoms with E-state index in [1.807, 2.05) is 18.2 Å². The number of alkyl halides is 3. The van der Waals surface area contributed by atoms with Crippen molar-refractivity contribution in [2.75, 3.05) is 18.1 Å². The van der Waals surface area contributed by atoms with Crippen molar-refractivity contribution in [1.82, 2.24) is 4.98 Å². The number of nitrogen functional groups attached to an aromatic ring is 1. The van der Waals surface area contributed by atoms with Crippen LogP contribution in [-0.2, 0) is 12.7 Å². The van der Waals surface area contributed by atoms with E-state index in [0.29, 0.717) is 0 Å². The summed E-state index contributed by atoms with van der Waals surface area (Å²) in [6.45, 7) is 0.0155. The summed E-state index contributed by atoms with van der Waals surface area (Å²) in [5.74, 6) is -0.461. The van der Waals surface area contributed by atoms with E-state index in [2.05, 4.69) is 4.98 Å². The van der Waals surface area contributed by atoms with Crippen molar-refractivity contribution in [1.29, 1.82) is 5.41 Å². The highest BCUT2D eigenvalue weighted by Gasteiger charge is 2.33. The SMILES string of the molecule is N=C(N)c1ccc(C(F)(F)F)nc1N(CCO)Cc1ccccc1. The first-order valence-electron chi connectivity index (χ1n) is 7.15. The monoisotopic (exact) mass is 338 g/mol. The van der Waals surface area contributed by atoms with Crippen molar-refractivity contribution < 1.29 is 18.3 Å². The number of halogens is 3. The maximum atomic E-state index is 13.0. The molecule has 4 N–H and O–H groups in total. The molecule has 0 radical (unpaired) electrons. The lowest BCUT2D eigenvalue weighted by Gasteiger charge is -2.26. The predicted molar refractivity (Wildman–Crippen MR) is 84.8 cm³/mol. The standard InChI is InChI=1S/C16H17F3N4O/c17-16(18,19)13-7-6-12(14(20)21)15(22-13)23(8-9-24)10-11-4-2-1-3-5-11/h1-7,24H,8-10H2,(H3,20,21). The van der Waals surface area contributed by atoms with Crippen LogP contribution >= 0.6 is 0 Å². The molecule has 1 aromatic heterocycles. The lowest BCUT2D eigenvalue weighted by Crippen LogP contribution is -2.30. The molecular formula is C16H17F3N4O. The predicted octanol–water partition coefficient (Wildman–Crippen LogP) is 2.38. The fourth-order valence-electron chi connectivity index (χ4n) is 2.24. The van der Waals surface area contributed by atoms with Crippen LogP contribution in [0, 0.1) is 5.41 Å². The Morgan fingerprint density at radius 2 is 1.83 bits per heavy atom. The number of hydrogen-bond donors (Lipinski definition) is 3. The van der Waals surface area contributed by atoms with Gasteiger partial charge in [-0.25, -0.2) is 4.98 Å². The molecule has 0 spiro atoms. The highest BCUT2D eigenvalue weighted by molar-refractivity contribution is 5.99. The van der Waals surface area contributed by atoms with Crippen LogP contribution in [0.2, 0.25) is 0 Å². The van der Waals surface area contributed by atoms with Gasteiger partial charge in [0, 0.05) is 13.1 Å². The van der Waals surface area contributed by atoms with Crippen LogP contribution < -0.4 is 10.6 Å². The Labute approximate surface area is 137 Å². The summed E-state index contributed by atoms with van der Waals surface area (Å²) in [5.41, 5.74) is 5.33. The number of aliphatic hydroxyl groups excluding tert-OH is 1. The second kappa shape index (κ2) is 7.31. The Morgan fingerprint density at radius 1 is 1.17 bits per heavy atom. The third kappa shape index (κ3) is 4.23. The van der Waals surface area contributed by atoms with Gasteiger partial charge in [0.05, 0.1) is 12.2 Å².